The third kappa shape index (κ3) is 3.36. The van der Waals surface area contributed by atoms with E-state index in [0.717, 1.165) is 10.0 Å². The van der Waals surface area contributed by atoms with E-state index in [1.165, 1.54) is 7.11 Å². The molecule has 0 aliphatic rings. The van der Waals surface area contributed by atoms with Crippen LogP contribution in [0.15, 0.2) is 16.6 Å². The molecule has 0 heterocycles. The van der Waals surface area contributed by atoms with E-state index in [4.69, 9.17) is 15.2 Å². The number of benzene rings is 1. The lowest BCUT2D eigenvalue weighted by Gasteiger charge is -2.14. The number of halogens is 1. The van der Waals surface area contributed by atoms with Crippen molar-refractivity contribution >= 4 is 21.9 Å². The standard InChI is InChI=1S/C12H16BrNO4/c1-16-10-6-11(17-2)8(13)4-7(10)5-9(14)12(15)18-3/h4,6,9H,5,14H2,1-3H3. The summed E-state index contributed by atoms with van der Waals surface area (Å²) in [6, 6.07) is 2.84. The summed E-state index contributed by atoms with van der Waals surface area (Å²) < 4.78 is 15.8. The van der Waals surface area contributed by atoms with Gasteiger partial charge in [0.05, 0.1) is 25.8 Å². The van der Waals surface area contributed by atoms with Gasteiger partial charge in [-0.3, -0.25) is 4.79 Å². The van der Waals surface area contributed by atoms with Crippen LogP contribution in [0, 0.1) is 0 Å². The average molecular weight is 318 g/mol. The quantitative estimate of drug-likeness (QED) is 0.833. The second-order valence-corrected chi connectivity index (χ2v) is 4.49. The van der Waals surface area contributed by atoms with Crippen LogP contribution in [-0.2, 0) is 16.0 Å². The van der Waals surface area contributed by atoms with Crippen LogP contribution >= 0.6 is 15.9 Å². The third-order valence-electron chi connectivity index (χ3n) is 2.50. The molecule has 0 saturated heterocycles. The maximum Gasteiger partial charge on any atom is 0.322 e. The zero-order chi connectivity index (χ0) is 13.7. The van der Waals surface area contributed by atoms with Crippen LogP contribution in [0.2, 0.25) is 0 Å². The van der Waals surface area contributed by atoms with Crippen LogP contribution in [0.5, 0.6) is 11.5 Å². The highest BCUT2D eigenvalue weighted by Crippen LogP contribution is 2.33. The Morgan fingerprint density at radius 2 is 1.89 bits per heavy atom. The Morgan fingerprint density at radius 1 is 1.28 bits per heavy atom. The molecule has 0 amide bonds. The zero-order valence-electron chi connectivity index (χ0n) is 10.5. The molecule has 0 fully saturated rings. The molecule has 0 radical (unpaired) electrons. The number of hydrogen-bond acceptors (Lipinski definition) is 5. The number of carbonyl (C=O) groups is 1. The molecular formula is C12H16BrNO4. The van der Waals surface area contributed by atoms with Crippen molar-refractivity contribution in [3.63, 3.8) is 0 Å². The van der Waals surface area contributed by atoms with E-state index in [-0.39, 0.29) is 0 Å². The molecule has 0 saturated carbocycles. The van der Waals surface area contributed by atoms with E-state index in [9.17, 15) is 4.79 Å². The fourth-order valence-electron chi connectivity index (χ4n) is 1.55. The molecule has 1 aromatic rings. The highest BCUT2D eigenvalue weighted by atomic mass is 79.9. The number of carbonyl (C=O) groups excluding carboxylic acids is 1. The minimum atomic E-state index is -0.718. The van der Waals surface area contributed by atoms with Crippen LogP contribution in [0.3, 0.4) is 0 Å². The SMILES string of the molecule is COC(=O)C(N)Cc1cc(Br)c(OC)cc1OC. The molecule has 5 nitrogen and oxygen atoms in total. The molecule has 0 aromatic heterocycles. The minimum absolute atomic E-state index is 0.332. The fraction of sp³-hybridized carbons (Fsp3) is 0.417. The van der Waals surface area contributed by atoms with Gasteiger partial charge in [-0.25, -0.2) is 0 Å². The van der Waals surface area contributed by atoms with E-state index >= 15 is 0 Å². The average Bonchev–Trinajstić information content (AvgIpc) is 2.38. The molecule has 1 atom stereocenters. The van der Waals surface area contributed by atoms with Gasteiger partial charge in [-0.2, -0.15) is 0 Å². The minimum Gasteiger partial charge on any atom is -0.496 e. The Bertz CT molecular complexity index is 436. The molecule has 0 spiro atoms. The molecule has 1 rings (SSSR count). The summed E-state index contributed by atoms with van der Waals surface area (Å²) in [6.45, 7) is 0. The van der Waals surface area contributed by atoms with Gasteiger partial charge in [-0.15, -0.1) is 0 Å². The summed E-state index contributed by atoms with van der Waals surface area (Å²) in [4.78, 5) is 11.3. The van der Waals surface area contributed by atoms with E-state index in [2.05, 4.69) is 20.7 Å². The fourth-order valence-corrected chi connectivity index (χ4v) is 2.11. The van der Waals surface area contributed by atoms with Crippen molar-refractivity contribution in [2.75, 3.05) is 21.3 Å². The molecule has 0 aliphatic carbocycles. The second-order valence-electron chi connectivity index (χ2n) is 3.63. The summed E-state index contributed by atoms with van der Waals surface area (Å²) in [5.74, 6) is 0.820. The van der Waals surface area contributed by atoms with Crippen molar-refractivity contribution in [1.29, 1.82) is 0 Å². The lowest BCUT2D eigenvalue weighted by Crippen LogP contribution is -2.33. The third-order valence-corrected chi connectivity index (χ3v) is 3.12. The van der Waals surface area contributed by atoms with Crippen molar-refractivity contribution < 1.29 is 19.0 Å². The maximum absolute atomic E-state index is 11.3. The Labute approximate surface area is 114 Å². The molecule has 6 heteroatoms. The summed E-state index contributed by atoms with van der Waals surface area (Å²) in [7, 11) is 4.43. The molecule has 18 heavy (non-hydrogen) atoms. The second kappa shape index (κ2) is 6.61. The lowest BCUT2D eigenvalue weighted by atomic mass is 10.1. The largest absolute Gasteiger partial charge is 0.496 e. The first-order chi connectivity index (χ1) is 8.53. The van der Waals surface area contributed by atoms with Crippen LogP contribution in [0.4, 0.5) is 0 Å². The Morgan fingerprint density at radius 3 is 2.39 bits per heavy atom. The predicted molar refractivity (Wildman–Crippen MR) is 70.9 cm³/mol. The number of esters is 1. The topological polar surface area (TPSA) is 70.8 Å². The summed E-state index contributed by atoms with van der Waals surface area (Å²) in [6.07, 6.45) is 0.332. The van der Waals surface area contributed by atoms with Gasteiger partial charge < -0.3 is 19.9 Å². The first kappa shape index (κ1) is 14.8. The van der Waals surface area contributed by atoms with Crippen LogP contribution in [0.25, 0.3) is 0 Å². The monoisotopic (exact) mass is 317 g/mol. The van der Waals surface area contributed by atoms with Gasteiger partial charge in [-0.05, 0) is 27.6 Å². The first-order valence-electron chi connectivity index (χ1n) is 5.27. The van der Waals surface area contributed by atoms with Gasteiger partial charge >= 0.3 is 5.97 Å². The predicted octanol–water partition coefficient (Wildman–Crippen LogP) is 1.51. The van der Waals surface area contributed by atoms with E-state index in [1.54, 1.807) is 20.3 Å². The highest BCUT2D eigenvalue weighted by Gasteiger charge is 2.18. The molecule has 0 aliphatic heterocycles. The molecule has 100 valence electrons. The van der Waals surface area contributed by atoms with Gasteiger partial charge in [0, 0.05) is 12.5 Å². The van der Waals surface area contributed by atoms with E-state index in [1.807, 2.05) is 6.07 Å². The lowest BCUT2D eigenvalue weighted by molar-refractivity contribution is -0.142. The van der Waals surface area contributed by atoms with Gasteiger partial charge in [0.1, 0.15) is 17.5 Å². The molecular weight excluding hydrogens is 302 g/mol. The number of hydrogen-bond donors (Lipinski definition) is 1. The Hall–Kier alpha value is -1.27. The summed E-state index contributed by atoms with van der Waals surface area (Å²) in [5, 5.41) is 0. The Kier molecular flexibility index (Phi) is 5.43. The number of methoxy groups -OCH3 is 3. The van der Waals surface area contributed by atoms with E-state index in [0.29, 0.717) is 17.9 Å². The normalized spacial score (nSPS) is 11.8. The smallest absolute Gasteiger partial charge is 0.322 e. The van der Waals surface area contributed by atoms with Crippen molar-refractivity contribution in [3.05, 3.63) is 22.2 Å². The zero-order valence-corrected chi connectivity index (χ0v) is 12.1. The summed E-state index contributed by atoms with van der Waals surface area (Å²) in [5.41, 5.74) is 6.54. The number of rotatable bonds is 5. The van der Waals surface area contributed by atoms with Crippen molar-refractivity contribution in [3.8, 4) is 11.5 Å². The Balaban J connectivity index is 3.01. The van der Waals surface area contributed by atoms with Crippen molar-refractivity contribution in [1.82, 2.24) is 0 Å². The molecule has 1 aromatic carbocycles. The van der Waals surface area contributed by atoms with Crippen molar-refractivity contribution in [2.24, 2.45) is 5.73 Å². The first-order valence-corrected chi connectivity index (χ1v) is 6.06. The van der Waals surface area contributed by atoms with Crippen LogP contribution in [-0.4, -0.2) is 33.3 Å². The van der Waals surface area contributed by atoms with Gasteiger partial charge in [-0.1, -0.05) is 0 Å². The maximum atomic E-state index is 11.3. The van der Waals surface area contributed by atoms with Gasteiger partial charge in [0.2, 0.25) is 0 Å². The van der Waals surface area contributed by atoms with Crippen molar-refractivity contribution in [2.45, 2.75) is 12.5 Å². The van der Waals surface area contributed by atoms with Crippen LogP contribution < -0.4 is 15.2 Å². The van der Waals surface area contributed by atoms with E-state index < -0.39 is 12.0 Å². The highest BCUT2D eigenvalue weighted by molar-refractivity contribution is 9.10. The summed E-state index contributed by atoms with van der Waals surface area (Å²) >= 11 is 3.38. The number of ether oxygens (including phenoxy) is 3. The molecule has 2 N–H and O–H groups in total. The molecule has 1 unspecified atom stereocenters. The number of nitrogens with two attached hydrogens (primary N) is 1. The molecule has 0 bridgehead atoms. The van der Waals surface area contributed by atoms with Crippen LogP contribution in [0.1, 0.15) is 5.56 Å². The van der Waals surface area contributed by atoms with Gasteiger partial charge in [0.15, 0.2) is 0 Å². The van der Waals surface area contributed by atoms with Gasteiger partial charge in [0.25, 0.3) is 0 Å².